The molecule has 1 aromatic heterocycles. The number of pyridine rings is 1. The number of anilines is 2. The summed E-state index contributed by atoms with van der Waals surface area (Å²) in [6.07, 6.45) is 1.54. The lowest BCUT2D eigenvalue weighted by atomic mass is 10.1. The monoisotopic (exact) mass is 379 g/mol. The zero-order valence-electron chi connectivity index (χ0n) is 15.8. The zero-order valence-corrected chi connectivity index (χ0v) is 15.8. The molecule has 0 radical (unpaired) electrons. The smallest absolute Gasteiger partial charge is 0.262 e. The summed E-state index contributed by atoms with van der Waals surface area (Å²) in [7, 11) is 0. The lowest BCUT2D eigenvalue weighted by Crippen LogP contribution is -2.20. The van der Waals surface area contributed by atoms with Crippen LogP contribution in [0, 0.1) is 19.7 Å². The number of nitrogens with zero attached hydrogens (tertiary/aromatic N) is 1. The lowest BCUT2D eigenvalue weighted by Gasteiger charge is -2.12. The molecule has 0 fully saturated rings. The van der Waals surface area contributed by atoms with Gasteiger partial charge >= 0.3 is 0 Å². The summed E-state index contributed by atoms with van der Waals surface area (Å²) in [6.45, 7) is 4.13. The number of amides is 1. The van der Waals surface area contributed by atoms with E-state index in [0.717, 1.165) is 16.9 Å². The molecule has 2 N–H and O–H groups in total. The van der Waals surface area contributed by atoms with Crippen LogP contribution in [0.1, 0.15) is 16.7 Å². The number of rotatable bonds is 7. The van der Waals surface area contributed by atoms with Gasteiger partial charge in [-0.25, -0.2) is 9.37 Å². The van der Waals surface area contributed by atoms with Crippen LogP contribution in [0.3, 0.4) is 0 Å². The molecule has 1 heterocycles. The van der Waals surface area contributed by atoms with Gasteiger partial charge in [-0.15, -0.1) is 0 Å². The van der Waals surface area contributed by atoms with Crippen LogP contribution in [0.4, 0.5) is 15.9 Å². The molecule has 0 bridgehead atoms. The Hall–Kier alpha value is -3.41. The fourth-order valence-electron chi connectivity index (χ4n) is 2.76. The van der Waals surface area contributed by atoms with Crippen molar-refractivity contribution in [3.05, 3.63) is 83.3 Å². The molecule has 144 valence electrons. The van der Waals surface area contributed by atoms with Crippen LogP contribution in [-0.2, 0) is 11.3 Å². The van der Waals surface area contributed by atoms with Crippen molar-refractivity contribution < 1.29 is 13.9 Å². The predicted molar refractivity (Wildman–Crippen MR) is 108 cm³/mol. The molecule has 28 heavy (non-hydrogen) atoms. The van der Waals surface area contributed by atoms with E-state index in [1.54, 1.807) is 36.5 Å². The Morgan fingerprint density at radius 3 is 2.46 bits per heavy atom. The summed E-state index contributed by atoms with van der Waals surface area (Å²) < 4.78 is 19.3. The van der Waals surface area contributed by atoms with Crippen LogP contribution >= 0.6 is 0 Å². The molecule has 0 saturated heterocycles. The van der Waals surface area contributed by atoms with E-state index in [4.69, 9.17) is 4.74 Å². The molecule has 2 aromatic carbocycles. The summed E-state index contributed by atoms with van der Waals surface area (Å²) >= 11 is 0. The van der Waals surface area contributed by atoms with Crippen LogP contribution in [-0.4, -0.2) is 17.5 Å². The highest BCUT2D eigenvalue weighted by Crippen LogP contribution is 2.22. The van der Waals surface area contributed by atoms with Gasteiger partial charge in [0, 0.05) is 12.1 Å². The minimum atomic E-state index is -0.267. The van der Waals surface area contributed by atoms with E-state index in [0.29, 0.717) is 23.6 Å². The number of hydrogen-bond acceptors (Lipinski definition) is 4. The number of carbonyl (C=O) groups is 1. The van der Waals surface area contributed by atoms with E-state index in [-0.39, 0.29) is 18.3 Å². The molecule has 0 aliphatic rings. The fraction of sp³-hybridized carbons (Fsp3) is 0.182. The Balaban J connectivity index is 1.51. The fourth-order valence-corrected chi connectivity index (χ4v) is 2.76. The largest absolute Gasteiger partial charge is 0.483 e. The Kier molecular flexibility index (Phi) is 6.22. The number of halogens is 1. The van der Waals surface area contributed by atoms with Crippen molar-refractivity contribution in [2.45, 2.75) is 20.4 Å². The van der Waals surface area contributed by atoms with Gasteiger partial charge in [-0.3, -0.25) is 4.79 Å². The molecule has 0 aliphatic heterocycles. The number of carbonyl (C=O) groups excluding carboxylic acids is 1. The number of para-hydroxylation sites is 1. The molecule has 0 spiro atoms. The van der Waals surface area contributed by atoms with Crippen LogP contribution in [0.5, 0.6) is 5.75 Å². The maximum absolute atomic E-state index is 13.6. The predicted octanol–water partition coefficient (Wildman–Crippen LogP) is 4.47. The Morgan fingerprint density at radius 2 is 1.79 bits per heavy atom. The van der Waals surface area contributed by atoms with Crippen LogP contribution in [0.15, 0.2) is 60.8 Å². The second-order valence-electron chi connectivity index (χ2n) is 6.43. The molecule has 3 rings (SSSR count). The van der Waals surface area contributed by atoms with Gasteiger partial charge in [-0.2, -0.15) is 0 Å². The average Bonchev–Trinajstić information content (AvgIpc) is 2.68. The first kappa shape index (κ1) is 19.4. The number of ether oxygens (including phenoxy) is 1. The van der Waals surface area contributed by atoms with Crippen molar-refractivity contribution >= 4 is 17.4 Å². The van der Waals surface area contributed by atoms with Gasteiger partial charge in [0.1, 0.15) is 17.4 Å². The average molecular weight is 379 g/mol. The van der Waals surface area contributed by atoms with Gasteiger partial charge in [0.2, 0.25) is 0 Å². The number of aromatic nitrogens is 1. The SMILES string of the molecule is Cc1cccc(C)c1OCC(=O)Nc1ccc(NCc2ccccc2F)nc1. The Bertz CT molecular complexity index is 938. The molecular formula is C22H22FN3O2. The highest BCUT2D eigenvalue weighted by molar-refractivity contribution is 5.91. The van der Waals surface area contributed by atoms with E-state index in [1.807, 2.05) is 32.0 Å². The topological polar surface area (TPSA) is 63.2 Å². The highest BCUT2D eigenvalue weighted by Gasteiger charge is 2.08. The van der Waals surface area contributed by atoms with E-state index in [9.17, 15) is 9.18 Å². The quantitative estimate of drug-likeness (QED) is 0.636. The molecule has 0 atom stereocenters. The zero-order chi connectivity index (χ0) is 19.9. The molecule has 0 aliphatic carbocycles. The normalized spacial score (nSPS) is 10.4. The lowest BCUT2D eigenvalue weighted by molar-refractivity contribution is -0.118. The summed E-state index contributed by atoms with van der Waals surface area (Å²) in [5.41, 5.74) is 3.09. The van der Waals surface area contributed by atoms with Gasteiger partial charge in [0.05, 0.1) is 11.9 Å². The van der Waals surface area contributed by atoms with Gasteiger partial charge in [0.15, 0.2) is 6.61 Å². The first-order valence-corrected chi connectivity index (χ1v) is 8.95. The molecule has 5 nitrogen and oxygen atoms in total. The molecule has 1 amide bonds. The molecule has 0 unspecified atom stereocenters. The minimum Gasteiger partial charge on any atom is -0.483 e. The van der Waals surface area contributed by atoms with E-state index >= 15 is 0 Å². The van der Waals surface area contributed by atoms with E-state index in [2.05, 4.69) is 15.6 Å². The van der Waals surface area contributed by atoms with Crippen molar-refractivity contribution in [3.8, 4) is 5.75 Å². The maximum Gasteiger partial charge on any atom is 0.262 e. The van der Waals surface area contributed by atoms with Gasteiger partial charge in [-0.05, 0) is 43.2 Å². The molecule has 3 aromatic rings. The number of nitrogens with one attached hydrogen (secondary N) is 2. The third kappa shape index (κ3) is 5.07. The van der Waals surface area contributed by atoms with E-state index < -0.39 is 0 Å². The van der Waals surface area contributed by atoms with Crippen molar-refractivity contribution in [1.29, 1.82) is 0 Å². The highest BCUT2D eigenvalue weighted by atomic mass is 19.1. The van der Waals surface area contributed by atoms with Crippen LogP contribution in [0.2, 0.25) is 0 Å². The Morgan fingerprint density at radius 1 is 1.04 bits per heavy atom. The van der Waals surface area contributed by atoms with E-state index in [1.165, 1.54) is 6.07 Å². The van der Waals surface area contributed by atoms with Crippen LogP contribution < -0.4 is 15.4 Å². The van der Waals surface area contributed by atoms with Crippen molar-refractivity contribution in [3.63, 3.8) is 0 Å². The third-order valence-electron chi connectivity index (χ3n) is 4.22. The van der Waals surface area contributed by atoms with Gasteiger partial charge in [-0.1, -0.05) is 36.4 Å². The van der Waals surface area contributed by atoms with Gasteiger partial charge in [0.25, 0.3) is 5.91 Å². The summed E-state index contributed by atoms with van der Waals surface area (Å²) in [5.74, 6) is 0.788. The number of aryl methyl sites for hydroxylation is 2. The van der Waals surface area contributed by atoms with Crippen molar-refractivity contribution in [2.24, 2.45) is 0 Å². The minimum absolute atomic E-state index is 0.0843. The van der Waals surface area contributed by atoms with Gasteiger partial charge < -0.3 is 15.4 Å². The number of hydrogen-bond donors (Lipinski definition) is 2. The molecule has 0 saturated carbocycles. The standard InChI is InChI=1S/C22H22FN3O2/c1-15-6-5-7-16(2)22(15)28-14-21(27)26-18-10-11-20(25-13-18)24-12-17-8-3-4-9-19(17)23/h3-11,13H,12,14H2,1-2H3,(H,24,25)(H,26,27). The molecule has 6 heteroatoms. The summed E-state index contributed by atoms with van der Waals surface area (Å²) in [5, 5.41) is 5.80. The second kappa shape index (κ2) is 8.99. The summed E-state index contributed by atoms with van der Waals surface area (Å²) in [4.78, 5) is 16.4. The summed E-state index contributed by atoms with van der Waals surface area (Å²) in [6, 6.07) is 15.9. The second-order valence-corrected chi connectivity index (χ2v) is 6.43. The number of benzene rings is 2. The van der Waals surface area contributed by atoms with Crippen molar-refractivity contribution in [2.75, 3.05) is 17.2 Å². The first-order valence-electron chi connectivity index (χ1n) is 8.95. The first-order chi connectivity index (χ1) is 13.5. The van der Waals surface area contributed by atoms with Crippen molar-refractivity contribution in [1.82, 2.24) is 4.98 Å². The third-order valence-corrected chi connectivity index (χ3v) is 4.22. The Labute approximate surface area is 163 Å². The maximum atomic E-state index is 13.6. The van der Waals surface area contributed by atoms with Crippen LogP contribution in [0.25, 0.3) is 0 Å². The molecular weight excluding hydrogens is 357 g/mol.